The summed E-state index contributed by atoms with van der Waals surface area (Å²) in [5.41, 5.74) is 2.60. The smallest absolute Gasteiger partial charge is 0.197 e. The molecule has 0 N–H and O–H groups in total. The van der Waals surface area contributed by atoms with Crippen LogP contribution in [-0.4, -0.2) is 12.9 Å². The van der Waals surface area contributed by atoms with Gasteiger partial charge in [0.2, 0.25) is 0 Å². The van der Waals surface area contributed by atoms with Crippen LogP contribution in [0.1, 0.15) is 44.2 Å². The van der Waals surface area contributed by atoms with Crippen molar-refractivity contribution >= 4 is 15.9 Å². The van der Waals surface area contributed by atoms with Crippen molar-refractivity contribution in [3.05, 3.63) is 64.1 Å². The highest BCUT2D eigenvalue weighted by Crippen LogP contribution is 2.30. The SMILES string of the molecule is CCC(C)c1ccc(OC(C)OCCc2ccccc2)c(Br)c1. The summed E-state index contributed by atoms with van der Waals surface area (Å²) in [7, 11) is 0. The third-order valence-corrected chi connectivity index (χ3v) is 4.64. The monoisotopic (exact) mass is 376 g/mol. The molecule has 0 saturated heterocycles. The number of halogens is 1. The summed E-state index contributed by atoms with van der Waals surface area (Å²) < 4.78 is 12.6. The van der Waals surface area contributed by atoms with Gasteiger partial charge in [-0.3, -0.25) is 0 Å². The maximum Gasteiger partial charge on any atom is 0.197 e. The van der Waals surface area contributed by atoms with E-state index in [1.807, 2.05) is 31.2 Å². The average molecular weight is 377 g/mol. The first-order valence-corrected chi connectivity index (χ1v) is 9.01. The molecular weight excluding hydrogens is 352 g/mol. The quantitative estimate of drug-likeness (QED) is 0.530. The molecule has 0 aliphatic heterocycles. The van der Waals surface area contributed by atoms with Crippen LogP contribution in [0.2, 0.25) is 0 Å². The maximum absolute atomic E-state index is 5.88. The van der Waals surface area contributed by atoms with E-state index in [0.29, 0.717) is 12.5 Å². The lowest BCUT2D eigenvalue weighted by Crippen LogP contribution is -2.18. The highest BCUT2D eigenvalue weighted by molar-refractivity contribution is 9.10. The van der Waals surface area contributed by atoms with Gasteiger partial charge in [0, 0.05) is 0 Å². The van der Waals surface area contributed by atoms with Crippen LogP contribution in [0.3, 0.4) is 0 Å². The molecule has 124 valence electrons. The molecule has 2 atom stereocenters. The lowest BCUT2D eigenvalue weighted by atomic mass is 9.99. The van der Waals surface area contributed by atoms with E-state index >= 15 is 0 Å². The molecule has 0 aliphatic carbocycles. The van der Waals surface area contributed by atoms with Gasteiger partial charge >= 0.3 is 0 Å². The molecule has 23 heavy (non-hydrogen) atoms. The zero-order valence-electron chi connectivity index (χ0n) is 14.1. The second kappa shape index (κ2) is 9.09. The minimum atomic E-state index is -0.274. The second-order valence-corrected chi connectivity index (χ2v) is 6.65. The Morgan fingerprint density at radius 2 is 1.78 bits per heavy atom. The number of hydrogen-bond acceptors (Lipinski definition) is 2. The maximum atomic E-state index is 5.88. The van der Waals surface area contributed by atoms with Crippen molar-refractivity contribution in [1.82, 2.24) is 0 Å². The highest BCUT2D eigenvalue weighted by Gasteiger charge is 2.10. The Kier molecular flexibility index (Phi) is 7.13. The summed E-state index contributed by atoms with van der Waals surface area (Å²) >= 11 is 3.60. The van der Waals surface area contributed by atoms with Gasteiger partial charge in [0.25, 0.3) is 0 Å². The molecule has 0 spiro atoms. The van der Waals surface area contributed by atoms with Gasteiger partial charge < -0.3 is 9.47 Å². The first kappa shape index (κ1) is 18.0. The van der Waals surface area contributed by atoms with Crippen molar-refractivity contribution in [2.75, 3.05) is 6.61 Å². The highest BCUT2D eigenvalue weighted by atomic mass is 79.9. The Bertz CT molecular complexity index is 598. The fourth-order valence-electron chi connectivity index (χ4n) is 2.36. The van der Waals surface area contributed by atoms with Crippen molar-refractivity contribution in [2.45, 2.75) is 45.8 Å². The summed E-state index contributed by atoms with van der Waals surface area (Å²) in [6.45, 7) is 7.01. The summed E-state index contributed by atoms with van der Waals surface area (Å²) in [4.78, 5) is 0. The standard InChI is InChI=1S/C20H25BrO2/c1-4-15(2)18-10-11-20(19(21)14-18)23-16(3)22-13-12-17-8-6-5-7-9-17/h5-11,14-16H,4,12-13H2,1-3H3. The Morgan fingerprint density at radius 1 is 1.04 bits per heavy atom. The number of ether oxygens (including phenoxy) is 2. The van der Waals surface area contributed by atoms with Crippen molar-refractivity contribution in [3.8, 4) is 5.75 Å². The normalized spacial score (nSPS) is 13.6. The van der Waals surface area contributed by atoms with E-state index < -0.39 is 0 Å². The average Bonchev–Trinajstić information content (AvgIpc) is 2.57. The fraction of sp³-hybridized carbons (Fsp3) is 0.400. The van der Waals surface area contributed by atoms with Crippen LogP contribution in [-0.2, 0) is 11.2 Å². The van der Waals surface area contributed by atoms with E-state index in [1.165, 1.54) is 11.1 Å². The summed E-state index contributed by atoms with van der Waals surface area (Å²) in [6.07, 6.45) is 1.75. The van der Waals surface area contributed by atoms with E-state index in [0.717, 1.165) is 23.1 Å². The van der Waals surface area contributed by atoms with Gasteiger partial charge in [-0.15, -0.1) is 0 Å². The molecule has 0 heterocycles. The van der Waals surface area contributed by atoms with Gasteiger partial charge in [-0.25, -0.2) is 0 Å². The van der Waals surface area contributed by atoms with Gasteiger partial charge in [0.15, 0.2) is 6.29 Å². The zero-order valence-corrected chi connectivity index (χ0v) is 15.7. The van der Waals surface area contributed by atoms with Crippen LogP contribution in [0, 0.1) is 0 Å². The number of benzene rings is 2. The molecular formula is C20H25BrO2. The van der Waals surface area contributed by atoms with E-state index in [9.17, 15) is 0 Å². The molecule has 2 unspecified atom stereocenters. The van der Waals surface area contributed by atoms with Crippen LogP contribution >= 0.6 is 15.9 Å². The largest absolute Gasteiger partial charge is 0.464 e. The number of hydrogen-bond donors (Lipinski definition) is 0. The lowest BCUT2D eigenvalue weighted by molar-refractivity contribution is -0.0658. The predicted molar refractivity (Wildman–Crippen MR) is 99.0 cm³/mol. The molecule has 2 aromatic rings. The Balaban J connectivity index is 1.84. The van der Waals surface area contributed by atoms with Crippen LogP contribution < -0.4 is 4.74 Å². The molecule has 2 aromatic carbocycles. The van der Waals surface area contributed by atoms with Crippen LogP contribution in [0.4, 0.5) is 0 Å². The molecule has 0 saturated carbocycles. The molecule has 0 amide bonds. The van der Waals surface area contributed by atoms with Crippen LogP contribution in [0.15, 0.2) is 53.0 Å². The summed E-state index contributed by atoms with van der Waals surface area (Å²) in [5.74, 6) is 1.38. The third kappa shape index (κ3) is 5.67. The minimum Gasteiger partial charge on any atom is -0.464 e. The third-order valence-electron chi connectivity index (χ3n) is 4.02. The van der Waals surface area contributed by atoms with Crippen molar-refractivity contribution in [1.29, 1.82) is 0 Å². The van der Waals surface area contributed by atoms with Crippen LogP contribution in [0.5, 0.6) is 5.75 Å². The predicted octanol–water partition coefficient (Wildman–Crippen LogP) is 5.95. The Labute approximate surface area is 148 Å². The van der Waals surface area contributed by atoms with Gasteiger partial charge in [0.05, 0.1) is 11.1 Å². The van der Waals surface area contributed by atoms with Crippen LogP contribution in [0.25, 0.3) is 0 Å². The molecule has 0 aromatic heterocycles. The molecule has 0 radical (unpaired) electrons. The Morgan fingerprint density at radius 3 is 2.43 bits per heavy atom. The van der Waals surface area contributed by atoms with Gasteiger partial charge in [-0.1, -0.05) is 50.2 Å². The first-order valence-electron chi connectivity index (χ1n) is 8.21. The lowest BCUT2D eigenvalue weighted by Gasteiger charge is -2.18. The summed E-state index contributed by atoms with van der Waals surface area (Å²) in [5, 5.41) is 0. The molecule has 2 nitrogen and oxygen atoms in total. The molecule has 2 rings (SSSR count). The molecule has 0 fully saturated rings. The fourth-order valence-corrected chi connectivity index (χ4v) is 2.85. The molecule has 0 aliphatic rings. The first-order chi connectivity index (χ1) is 11.1. The number of rotatable bonds is 8. The zero-order chi connectivity index (χ0) is 16.7. The van der Waals surface area contributed by atoms with E-state index in [-0.39, 0.29) is 6.29 Å². The molecule has 0 bridgehead atoms. The van der Waals surface area contributed by atoms with Gasteiger partial charge in [-0.2, -0.15) is 0 Å². The van der Waals surface area contributed by atoms with E-state index in [4.69, 9.17) is 9.47 Å². The summed E-state index contributed by atoms with van der Waals surface area (Å²) in [6, 6.07) is 16.6. The van der Waals surface area contributed by atoms with Crippen molar-refractivity contribution in [2.24, 2.45) is 0 Å². The van der Waals surface area contributed by atoms with Gasteiger partial charge in [0.1, 0.15) is 5.75 Å². The second-order valence-electron chi connectivity index (χ2n) is 5.79. The topological polar surface area (TPSA) is 18.5 Å². The van der Waals surface area contributed by atoms with E-state index in [1.54, 1.807) is 0 Å². The molecule has 3 heteroatoms. The Hall–Kier alpha value is -1.32. The van der Waals surface area contributed by atoms with E-state index in [2.05, 4.69) is 54.0 Å². The van der Waals surface area contributed by atoms with Crippen molar-refractivity contribution in [3.63, 3.8) is 0 Å². The van der Waals surface area contributed by atoms with Crippen molar-refractivity contribution < 1.29 is 9.47 Å². The van der Waals surface area contributed by atoms with Gasteiger partial charge in [-0.05, 0) is 64.9 Å². The minimum absolute atomic E-state index is 0.274.